The minimum atomic E-state index is 0.802. The molecule has 1 aliphatic heterocycles. The molecule has 76 valence electrons. The lowest BCUT2D eigenvalue weighted by atomic mass is 9.29. The van der Waals surface area contributed by atoms with E-state index in [2.05, 4.69) is 24.8 Å². The van der Waals surface area contributed by atoms with E-state index >= 15 is 0 Å². The van der Waals surface area contributed by atoms with Gasteiger partial charge in [-0.05, 0) is 24.5 Å². The third-order valence-corrected chi connectivity index (χ3v) is 4.02. The summed E-state index contributed by atoms with van der Waals surface area (Å²) in [5.74, 6) is 1.67. The van der Waals surface area contributed by atoms with E-state index < -0.39 is 0 Å². The van der Waals surface area contributed by atoms with Crippen LogP contribution in [0.25, 0.3) is 0 Å². The Labute approximate surface area is 88.6 Å². The van der Waals surface area contributed by atoms with Crippen molar-refractivity contribution >= 4 is 6.71 Å². The molecule has 0 bridgehead atoms. The number of hydrogen-bond acceptors (Lipinski definition) is 0. The van der Waals surface area contributed by atoms with Crippen molar-refractivity contribution in [2.45, 2.75) is 56.5 Å². The molecule has 0 aromatic rings. The quantitative estimate of drug-likeness (QED) is 0.446. The maximum atomic E-state index is 4.01. The maximum Gasteiger partial charge on any atom is 0.154 e. The van der Waals surface area contributed by atoms with Crippen LogP contribution in [-0.2, 0) is 0 Å². The highest BCUT2D eigenvalue weighted by Crippen LogP contribution is 2.40. The van der Waals surface area contributed by atoms with Crippen molar-refractivity contribution in [1.82, 2.24) is 0 Å². The lowest BCUT2D eigenvalue weighted by molar-refractivity contribution is 0.640. The molecule has 0 aromatic carbocycles. The summed E-state index contributed by atoms with van der Waals surface area (Å²) >= 11 is 0. The first-order valence-electron chi connectivity index (χ1n) is 6.21. The van der Waals surface area contributed by atoms with Crippen molar-refractivity contribution in [3.63, 3.8) is 0 Å². The van der Waals surface area contributed by atoms with Gasteiger partial charge in [0.25, 0.3) is 0 Å². The molecule has 0 nitrogen and oxygen atoms in total. The molecular weight excluding hydrogens is 167 g/mol. The van der Waals surface area contributed by atoms with E-state index in [-0.39, 0.29) is 0 Å². The van der Waals surface area contributed by atoms with Crippen LogP contribution in [0.3, 0.4) is 0 Å². The third-order valence-electron chi connectivity index (χ3n) is 4.02. The van der Waals surface area contributed by atoms with E-state index in [1.807, 2.05) is 0 Å². The van der Waals surface area contributed by atoms with Crippen LogP contribution < -0.4 is 0 Å². The van der Waals surface area contributed by atoms with Crippen molar-refractivity contribution < 1.29 is 0 Å². The van der Waals surface area contributed by atoms with Gasteiger partial charge >= 0.3 is 0 Å². The Bertz CT molecular complexity index is 219. The van der Waals surface area contributed by atoms with Gasteiger partial charge < -0.3 is 0 Å². The molecule has 0 spiro atoms. The second-order valence-corrected chi connectivity index (χ2v) is 4.87. The van der Waals surface area contributed by atoms with E-state index in [9.17, 15) is 0 Å². The minimum Gasteiger partial charge on any atom is -0.104 e. The van der Waals surface area contributed by atoms with Crippen molar-refractivity contribution in [3.05, 3.63) is 24.8 Å². The van der Waals surface area contributed by atoms with Gasteiger partial charge in [0.05, 0.1) is 0 Å². The van der Waals surface area contributed by atoms with Crippen LogP contribution in [0.1, 0.15) is 38.5 Å². The lowest BCUT2D eigenvalue weighted by Crippen LogP contribution is -2.28. The molecule has 0 aromatic heterocycles. The summed E-state index contributed by atoms with van der Waals surface area (Å²) in [6.07, 6.45) is 16.9. The first-order chi connectivity index (χ1) is 6.92. The van der Waals surface area contributed by atoms with E-state index in [1.165, 1.54) is 44.8 Å². The monoisotopic (exact) mass is 188 g/mol. The van der Waals surface area contributed by atoms with Gasteiger partial charge in [0.2, 0.25) is 0 Å². The molecule has 0 radical (unpaired) electrons. The average molecular weight is 188 g/mol. The van der Waals surface area contributed by atoms with Gasteiger partial charge in [-0.2, -0.15) is 0 Å². The van der Waals surface area contributed by atoms with Gasteiger partial charge in [0, 0.05) is 0 Å². The second-order valence-electron chi connectivity index (χ2n) is 4.87. The molecule has 1 heterocycles. The summed E-state index contributed by atoms with van der Waals surface area (Å²) in [7, 11) is 0. The average Bonchev–Trinajstić information content (AvgIpc) is 2.30. The SMILES string of the molecule is C=CC1CCCCB1C1C=CCCC1. The Balaban J connectivity index is 2.02. The highest BCUT2D eigenvalue weighted by molar-refractivity contribution is 6.63. The highest BCUT2D eigenvalue weighted by Gasteiger charge is 2.32. The Kier molecular flexibility index (Phi) is 3.50. The van der Waals surface area contributed by atoms with Crippen molar-refractivity contribution in [3.8, 4) is 0 Å². The largest absolute Gasteiger partial charge is 0.154 e. The molecule has 0 amide bonds. The van der Waals surface area contributed by atoms with Crippen LogP contribution in [0, 0.1) is 0 Å². The molecular formula is C13H21B. The standard InChI is InChI=1S/C13H21B/c1-2-12-8-6-7-11-14(12)13-9-4-3-5-10-13/h2,4,9,12-13H,1,3,5-8,10-11H2. The molecule has 14 heavy (non-hydrogen) atoms. The van der Waals surface area contributed by atoms with Gasteiger partial charge in [-0.25, -0.2) is 0 Å². The van der Waals surface area contributed by atoms with Crippen LogP contribution in [0.2, 0.25) is 18.0 Å². The fourth-order valence-electron chi connectivity index (χ4n) is 3.21. The molecule has 1 heteroatoms. The molecule has 0 N–H and O–H groups in total. The van der Waals surface area contributed by atoms with E-state index in [1.54, 1.807) is 0 Å². The second kappa shape index (κ2) is 4.86. The van der Waals surface area contributed by atoms with Crippen molar-refractivity contribution in [1.29, 1.82) is 0 Å². The molecule has 2 atom stereocenters. The molecule has 2 aliphatic rings. The summed E-state index contributed by atoms with van der Waals surface area (Å²) in [6, 6.07) is 0. The van der Waals surface area contributed by atoms with Gasteiger partial charge in [-0.15, -0.1) is 6.58 Å². The zero-order valence-electron chi connectivity index (χ0n) is 9.12. The molecule has 1 saturated heterocycles. The predicted octanol–water partition coefficient (Wildman–Crippen LogP) is 4.33. The van der Waals surface area contributed by atoms with Gasteiger partial charge in [-0.1, -0.05) is 50.2 Å². The maximum absolute atomic E-state index is 4.01. The van der Waals surface area contributed by atoms with Gasteiger partial charge in [0.1, 0.15) is 0 Å². The number of hydrogen-bond donors (Lipinski definition) is 0. The van der Waals surface area contributed by atoms with Crippen LogP contribution >= 0.6 is 0 Å². The summed E-state index contributed by atoms with van der Waals surface area (Å²) in [6.45, 7) is 4.92. The van der Waals surface area contributed by atoms with E-state index in [0.29, 0.717) is 0 Å². The fourth-order valence-corrected chi connectivity index (χ4v) is 3.21. The Hall–Kier alpha value is -0.455. The highest BCUT2D eigenvalue weighted by atomic mass is 14.1. The molecule has 0 saturated carbocycles. The first-order valence-corrected chi connectivity index (χ1v) is 6.21. The number of allylic oxidation sites excluding steroid dienone is 3. The molecule has 1 aliphatic carbocycles. The third kappa shape index (κ3) is 2.13. The fraction of sp³-hybridized carbons (Fsp3) is 0.692. The number of rotatable bonds is 2. The minimum absolute atomic E-state index is 0.802. The Morgan fingerprint density at radius 3 is 2.86 bits per heavy atom. The van der Waals surface area contributed by atoms with Crippen LogP contribution in [0.4, 0.5) is 0 Å². The Morgan fingerprint density at radius 1 is 1.21 bits per heavy atom. The molecule has 1 fully saturated rings. The molecule has 2 rings (SSSR count). The van der Waals surface area contributed by atoms with Gasteiger partial charge in [0.15, 0.2) is 6.71 Å². The van der Waals surface area contributed by atoms with Gasteiger partial charge in [-0.3, -0.25) is 0 Å². The van der Waals surface area contributed by atoms with E-state index in [4.69, 9.17) is 0 Å². The zero-order chi connectivity index (χ0) is 9.80. The summed E-state index contributed by atoms with van der Waals surface area (Å²) in [4.78, 5) is 0. The smallest absolute Gasteiger partial charge is 0.104 e. The van der Waals surface area contributed by atoms with Crippen molar-refractivity contribution in [2.75, 3.05) is 0 Å². The summed E-state index contributed by atoms with van der Waals surface area (Å²) in [5, 5.41) is 0. The topological polar surface area (TPSA) is 0 Å². The predicted molar refractivity (Wildman–Crippen MR) is 65.1 cm³/mol. The van der Waals surface area contributed by atoms with Crippen LogP contribution in [-0.4, -0.2) is 6.71 Å². The zero-order valence-corrected chi connectivity index (χ0v) is 9.12. The normalized spacial score (nSPS) is 33.0. The van der Waals surface area contributed by atoms with Crippen LogP contribution in [0.5, 0.6) is 0 Å². The van der Waals surface area contributed by atoms with Crippen LogP contribution in [0.15, 0.2) is 24.8 Å². The molecule has 2 unspecified atom stereocenters. The van der Waals surface area contributed by atoms with Crippen molar-refractivity contribution in [2.24, 2.45) is 0 Å². The Morgan fingerprint density at radius 2 is 2.14 bits per heavy atom. The lowest BCUT2D eigenvalue weighted by Gasteiger charge is -2.32. The summed E-state index contributed by atoms with van der Waals surface area (Å²) < 4.78 is 0. The van der Waals surface area contributed by atoms with E-state index in [0.717, 1.165) is 18.3 Å². The first kappa shape index (κ1) is 10.1. The summed E-state index contributed by atoms with van der Waals surface area (Å²) in [5.41, 5.74) is 0.